The summed E-state index contributed by atoms with van der Waals surface area (Å²) in [5.74, 6) is 3.41. The number of allylic oxidation sites excluding steroid dienone is 2. The fourth-order valence-corrected chi connectivity index (χ4v) is 19.4. The molecule has 0 bridgehead atoms. The maximum Gasteiger partial charge on any atom is 0.0564 e. The molecule has 2 aliphatic heterocycles. The molecule has 0 amide bonds. The Labute approximate surface area is 167 Å². The zero-order valence-electron chi connectivity index (χ0n) is 14.3. The van der Waals surface area contributed by atoms with Crippen molar-refractivity contribution >= 4 is 63.5 Å². The van der Waals surface area contributed by atoms with E-state index in [1.165, 1.54) is 21.8 Å². The van der Waals surface area contributed by atoms with Gasteiger partial charge in [-0.1, -0.05) is 58.8 Å². The Morgan fingerprint density at radius 1 is 0.870 bits per heavy atom. The van der Waals surface area contributed by atoms with Crippen LogP contribution in [0.3, 0.4) is 0 Å². The number of rotatable bonds is 2. The molecule has 23 heavy (non-hydrogen) atoms. The largest absolute Gasteiger partial charge is 0.129 e. The van der Waals surface area contributed by atoms with Crippen molar-refractivity contribution in [3.8, 4) is 0 Å². The van der Waals surface area contributed by atoms with Crippen LogP contribution >= 0.6 is 55.4 Å². The molecular formula is C18H26Br2S2Si. The molecule has 2 heterocycles. The van der Waals surface area contributed by atoms with Crippen LogP contribution in [-0.2, 0) is 0 Å². The fourth-order valence-electron chi connectivity index (χ4n) is 6.41. The van der Waals surface area contributed by atoms with Crippen LogP contribution in [0.5, 0.6) is 0 Å². The van der Waals surface area contributed by atoms with Crippen molar-refractivity contribution in [1.82, 2.24) is 0 Å². The summed E-state index contributed by atoms with van der Waals surface area (Å²) in [7, 11) is -1.34. The second-order valence-electron chi connectivity index (χ2n) is 8.72. The SMILES string of the molecule is CC1CC2C(Br)=CSC2C1[Si](C)(C)C1C(C)CC2C(Br)=CSC21. The third-order valence-electron chi connectivity index (χ3n) is 7.08. The van der Waals surface area contributed by atoms with Crippen molar-refractivity contribution in [3.63, 3.8) is 0 Å². The molecule has 0 spiro atoms. The summed E-state index contributed by atoms with van der Waals surface area (Å²) in [5.41, 5.74) is 1.94. The van der Waals surface area contributed by atoms with E-state index in [1.807, 2.05) is 0 Å². The third kappa shape index (κ3) is 2.65. The van der Waals surface area contributed by atoms with Crippen LogP contribution in [-0.4, -0.2) is 18.6 Å². The molecular weight excluding hydrogens is 468 g/mol. The van der Waals surface area contributed by atoms with Gasteiger partial charge >= 0.3 is 0 Å². The van der Waals surface area contributed by atoms with Gasteiger partial charge in [0.2, 0.25) is 0 Å². The standard InChI is InChI=1S/C18H26Br2S2Si/c1-9-5-11-13(19)7-21-15(11)17(9)23(3,4)18-10(2)6-12-14(20)8-22-16(12)18/h7-12,15-18H,5-6H2,1-4H3. The number of thioether (sulfide) groups is 2. The van der Waals surface area contributed by atoms with E-state index < -0.39 is 8.07 Å². The van der Waals surface area contributed by atoms with Gasteiger partial charge < -0.3 is 0 Å². The van der Waals surface area contributed by atoms with Gasteiger partial charge in [-0.2, -0.15) is 0 Å². The Kier molecular flexibility index (Phi) is 4.79. The van der Waals surface area contributed by atoms with Crippen LogP contribution in [0.25, 0.3) is 0 Å². The molecule has 0 nitrogen and oxygen atoms in total. The minimum atomic E-state index is -1.34. The highest BCUT2D eigenvalue weighted by Gasteiger charge is 2.59. The average molecular weight is 494 g/mol. The van der Waals surface area contributed by atoms with Gasteiger partial charge in [0, 0.05) is 31.3 Å². The Hall–Kier alpha value is 1.36. The van der Waals surface area contributed by atoms with E-state index in [9.17, 15) is 0 Å². The van der Waals surface area contributed by atoms with Gasteiger partial charge in [0.25, 0.3) is 0 Å². The van der Waals surface area contributed by atoms with Crippen molar-refractivity contribution < 1.29 is 0 Å². The van der Waals surface area contributed by atoms with Crippen molar-refractivity contribution in [1.29, 1.82) is 0 Å². The molecule has 0 radical (unpaired) electrons. The van der Waals surface area contributed by atoms with Crippen molar-refractivity contribution in [3.05, 3.63) is 19.8 Å². The topological polar surface area (TPSA) is 0 Å². The summed E-state index contributed by atoms with van der Waals surface area (Å²) in [6, 6.07) is 0. The molecule has 8 unspecified atom stereocenters. The summed E-state index contributed by atoms with van der Waals surface area (Å²) in [5, 5.41) is 6.52. The molecule has 0 aromatic carbocycles. The van der Waals surface area contributed by atoms with Crippen molar-refractivity contribution in [2.24, 2.45) is 23.7 Å². The monoisotopic (exact) mass is 492 g/mol. The molecule has 4 rings (SSSR count). The molecule has 0 aromatic heterocycles. The van der Waals surface area contributed by atoms with Gasteiger partial charge in [-0.15, -0.1) is 23.5 Å². The maximum atomic E-state index is 3.85. The zero-order valence-corrected chi connectivity index (χ0v) is 20.1. The second kappa shape index (κ2) is 6.21. The summed E-state index contributed by atoms with van der Waals surface area (Å²) in [6.45, 7) is 10.6. The van der Waals surface area contributed by atoms with Gasteiger partial charge in [-0.3, -0.25) is 0 Å². The minimum Gasteiger partial charge on any atom is -0.129 e. The summed E-state index contributed by atoms with van der Waals surface area (Å²) in [6.07, 6.45) is 2.81. The highest BCUT2D eigenvalue weighted by Crippen LogP contribution is 2.66. The van der Waals surface area contributed by atoms with Crippen LogP contribution in [0, 0.1) is 23.7 Å². The normalized spacial score (nSPS) is 49.1. The van der Waals surface area contributed by atoms with E-state index in [-0.39, 0.29) is 0 Å². The van der Waals surface area contributed by atoms with Crippen LogP contribution < -0.4 is 0 Å². The van der Waals surface area contributed by atoms with Gasteiger partial charge in [-0.05, 0) is 46.6 Å². The first-order valence-electron chi connectivity index (χ1n) is 8.84. The number of fused-ring (bicyclic) bond motifs is 2. The van der Waals surface area contributed by atoms with Gasteiger partial charge in [0.15, 0.2) is 0 Å². The molecule has 0 aromatic rings. The lowest BCUT2D eigenvalue weighted by atomic mass is 10.1. The van der Waals surface area contributed by atoms with E-state index in [4.69, 9.17) is 0 Å². The van der Waals surface area contributed by atoms with E-state index in [2.05, 4.69) is 93.1 Å². The van der Waals surface area contributed by atoms with Crippen LogP contribution in [0.1, 0.15) is 26.7 Å². The lowest BCUT2D eigenvalue weighted by Crippen LogP contribution is -2.47. The predicted octanol–water partition coefficient (Wildman–Crippen LogP) is 7.45. The fraction of sp³-hybridized carbons (Fsp3) is 0.778. The van der Waals surface area contributed by atoms with E-state index in [1.54, 1.807) is 0 Å². The molecule has 2 aliphatic carbocycles. The molecule has 0 saturated heterocycles. The van der Waals surface area contributed by atoms with Crippen LogP contribution in [0.4, 0.5) is 0 Å². The second-order valence-corrected chi connectivity index (χ2v) is 17.6. The summed E-state index contributed by atoms with van der Waals surface area (Å²) >= 11 is 12.0. The zero-order chi connectivity index (χ0) is 16.5. The van der Waals surface area contributed by atoms with Crippen molar-refractivity contribution in [2.75, 3.05) is 0 Å². The van der Waals surface area contributed by atoms with Gasteiger partial charge in [0.1, 0.15) is 0 Å². The highest BCUT2D eigenvalue weighted by molar-refractivity contribution is 9.12. The first-order chi connectivity index (χ1) is 10.8. The first kappa shape index (κ1) is 17.8. The lowest BCUT2D eigenvalue weighted by Gasteiger charge is -2.44. The van der Waals surface area contributed by atoms with Gasteiger partial charge in [-0.25, -0.2) is 0 Å². The van der Waals surface area contributed by atoms with Crippen LogP contribution in [0.15, 0.2) is 19.8 Å². The lowest BCUT2D eigenvalue weighted by molar-refractivity contribution is 0.543. The maximum absolute atomic E-state index is 3.85. The highest BCUT2D eigenvalue weighted by atomic mass is 79.9. The van der Waals surface area contributed by atoms with Gasteiger partial charge in [0.05, 0.1) is 8.07 Å². The number of hydrogen-bond donors (Lipinski definition) is 0. The summed E-state index contributed by atoms with van der Waals surface area (Å²) < 4.78 is 2.98. The molecule has 128 valence electrons. The number of hydrogen-bond acceptors (Lipinski definition) is 2. The van der Waals surface area contributed by atoms with E-state index in [0.29, 0.717) is 0 Å². The Morgan fingerprint density at radius 2 is 1.26 bits per heavy atom. The Bertz CT molecular complexity index is 525. The molecule has 4 aliphatic rings. The average Bonchev–Trinajstić information content (AvgIpc) is 3.16. The quantitative estimate of drug-likeness (QED) is 0.366. The van der Waals surface area contributed by atoms with E-state index in [0.717, 1.165) is 45.3 Å². The molecule has 8 atom stereocenters. The Balaban J connectivity index is 1.63. The molecule has 2 saturated carbocycles. The molecule has 5 heteroatoms. The van der Waals surface area contributed by atoms with Crippen molar-refractivity contribution in [2.45, 2.75) is 61.4 Å². The smallest absolute Gasteiger partial charge is 0.0564 e. The third-order valence-corrected chi connectivity index (χ3v) is 17.7. The Morgan fingerprint density at radius 3 is 1.65 bits per heavy atom. The molecule has 2 fully saturated rings. The predicted molar refractivity (Wildman–Crippen MR) is 116 cm³/mol. The first-order valence-corrected chi connectivity index (χ1v) is 15.5. The molecule has 0 N–H and O–H groups in total. The minimum absolute atomic E-state index is 0.806. The number of halogens is 2. The van der Waals surface area contributed by atoms with E-state index >= 15 is 0 Å². The van der Waals surface area contributed by atoms with Crippen LogP contribution in [0.2, 0.25) is 24.2 Å². The summed E-state index contributed by atoms with van der Waals surface area (Å²) in [4.78, 5) is 0.